The number of hydrogen-bond donors (Lipinski definition) is 1. The molecule has 1 aliphatic rings. The van der Waals surface area contributed by atoms with E-state index in [2.05, 4.69) is 4.90 Å². The molecule has 1 heterocycles. The summed E-state index contributed by atoms with van der Waals surface area (Å²) < 4.78 is 10.9. The molecule has 1 saturated heterocycles. The molecule has 0 spiro atoms. The number of halogens is 2. The van der Waals surface area contributed by atoms with E-state index in [4.69, 9.17) is 37.8 Å². The summed E-state index contributed by atoms with van der Waals surface area (Å²) >= 11 is 12.1. The van der Waals surface area contributed by atoms with Crippen molar-refractivity contribution in [1.82, 2.24) is 9.80 Å². The summed E-state index contributed by atoms with van der Waals surface area (Å²) in [6, 6.07) is 15.1. The fraction of sp³-hybridized carbons (Fsp3) is 0.440. The highest BCUT2D eigenvalue weighted by Crippen LogP contribution is 2.26. The lowest BCUT2D eigenvalue weighted by atomic mass is 10.0. The minimum absolute atomic E-state index is 0.00480. The lowest BCUT2D eigenvalue weighted by molar-refractivity contribution is -0.142. The Morgan fingerprint density at radius 3 is 2.62 bits per heavy atom. The van der Waals surface area contributed by atoms with Gasteiger partial charge in [-0.3, -0.25) is 9.69 Å². The number of carbonyl (C=O) groups is 2. The van der Waals surface area contributed by atoms with E-state index in [1.54, 1.807) is 17.0 Å². The molecule has 0 aromatic heterocycles. The van der Waals surface area contributed by atoms with Crippen molar-refractivity contribution in [1.29, 1.82) is 0 Å². The van der Waals surface area contributed by atoms with Crippen LogP contribution in [-0.2, 0) is 25.5 Å². The van der Waals surface area contributed by atoms with Gasteiger partial charge in [0.15, 0.2) is 0 Å². The zero-order valence-electron chi connectivity index (χ0n) is 19.2. The number of carboxylic acid groups (broad SMARTS) is 1. The highest BCUT2D eigenvalue weighted by Gasteiger charge is 2.29. The monoisotopic (exact) mass is 508 g/mol. The lowest BCUT2D eigenvalue weighted by Crippen LogP contribution is -2.39. The molecule has 0 saturated carbocycles. The number of carbonyl (C=O) groups excluding carboxylic acids is 1. The van der Waals surface area contributed by atoms with Crippen LogP contribution in [0.5, 0.6) is 0 Å². The van der Waals surface area contributed by atoms with E-state index in [1.165, 1.54) is 0 Å². The number of benzene rings is 2. The normalized spacial score (nSPS) is 17.0. The molecule has 7 nitrogen and oxygen atoms in total. The molecule has 0 bridgehead atoms. The van der Waals surface area contributed by atoms with Crippen LogP contribution in [0.25, 0.3) is 0 Å². The molecule has 2 aromatic carbocycles. The molecular formula is C25H30Cl2N2O5. The van der Waals surface area contributed by atoms with Gasteiger partial charge in [0, 0.05) is 26.7 Å². The van der Waals surface area contributed by atoms with Crippen molar-refractivity contribution in [3.05, 3.63) is 69.7 Å². The van der Waals surface area contributed by atoms with Gasteiger partial charge in [0.25, 0.3) is 0 Å². The van der Waals surface area contributed by atoms with E-state index < -0.39 is 5.97 Å². The van der Waals surface area contributed by atoms with Gasteiger partial charge in [-0.15, -0.1) is 0 Å². The maximum absolute atomic E-state index is 13.2. The van der Waals surface area contributed by atoms with Crippen LogP contribution < -0.4 is 0 Å². The van der Waals surface area contributed by atoms with Gasteiger partial charge in [-0.2, -0.15) is 0 Å². The predicted octanol–water partition coefficient (Wildman–Crippen LogP) is 3.93. The first-order valence-electron chi connectivity index (χ1n) is 11.2. The number of likely N-dealkylation sites (tertiary alicyclic amines) is 1. The van der Waals surface area contributed by atoms with Gasteiger partial charge in [0.2, 0.25) is 5.91 Å². The Kier molecular flexibility index (Phi) is 10.2. The van der Waals surface area contributed by atoms with Gasteiger partial charge in [-0.1, -0.05) is 59.6 Å². The average Bonchev–Trinajstić information content (AvgIpc) is 3.27. The van der Waals surface area contributed by atoms with Crippen molar-refractivity contribution in [3.63, 3.8) is 0 Å². The molecule has 184 valence electrons. The molecule has 1 unspecified atom stereocenters. The molecule has 1 N–H and O–H groups in total. The molecule has 34 heavy (non-hydrogen) atoms. The molecule has 1 amide bonds. The van der Waals surface area contributed by atoms with Crippen LogP contribution in [0.3, 0.4) is 0 Å². The first kappa shape index (κ1) is 26.4. The van der Waals surface area contributed by atoms with Crippen molar-refractivity contribution >= 4 is 35.1 Å². The lowest BCUT2D eigenvalue weighted by Gasteiger charge is -2.32. The molecule has 2 aromatic rings. The third-order valence-electron chi connectivity index (χ3n) is 5.85. The molecule has 0 radical (unpaired) electrons. The Balaban J connectivity index is 1.59. The van der Waals surface area contributed by atoms with Crippen LogP contribution in [0.1, 0.15) is 23.6 Å². The smallest absolute Gasteiger partial charge is 0.329 e. The maximum Gasteiger partial charge on any atom is 0.329 e. The van der Waals surface area contributed by atoms with Gasteiger partial charge < -0.3 is 19.5 Å². The second-order valence-corrected chi connectivity index (χ2v) is 9.16. The van der Waals surface area contributed by atoms with Crippen molar-refractivity contribution < 1.29 is 24.2 Å². The third-order valence-corrected chi connectivity index (χ3v) is 6.59. The Bertz CT molecular complexity index is 960. The summed E-state index contributed by atoms with van der Waals surface area (Å²) in [4.78, 5) is 27.8. The zero-order chi connectivity index (χ0) is 24.5. The molecule has 0 aliphatic carbocycles. The van der Waals surface area contributed by atoms with Crippen molar-refractivity contribution in [2.24, 2.45) is 0 Å². The van der Waals surface area contributed by atoms with Crippen LogP contribution in [0.15, 0.2) is 48.5 Å². The SMILES string of the molecule is CN(C(=O)Cc1ccc(Cl)c(Cl)c1)C(CN1CC[C@H](OCCOCC(=O)O)C1)c1ccccc1. The van der Waals surface area contributed by atoms with E-state index >= 15 is 0 Å². The largest absolute Gasteiger partial charge is 0.480 e. The van der Waals surface area contributed by atoms with E-state index in [0.29, 0.717) is 23.2 Å². The first-order valence-corrected chi connectivity index (χ1v) is 12.0. The van der Waals surface area contributed by atoms with E-state index in [1.807, 2.05) is 43.4 Å². The van der Waals surface area contributed by atoms with Crippen LogP contribution in [0.2, 0.25) is 10.0 Å². The number of likely N-dealkylation sites (N-methyl/N-ethyl adjacent to an activating group) is 1. The second-order valence-electron chi connectivity index (χ2n) is 8.34. The third kappa shape index (κ3) is 7.96. The topological polar surface area (TPSA) is 79.3 Å². The first-order chi connectivity index (χ1) is 16.3. The Morgan fingerprint density at radius 2 is 1.91 bits per heavy atom. The summed E-state index contributed by atoms with van der Waals surface area (Å²) in [5.41, 5.74) is 1.89. The second kappa shape index (κ2) is 13.1. The molecule has 1 fully saturated rings. The van der Waals surface area contributed by atoms with Crippen molar-refractivity contribution in [2.45, 2.75) is 25.0 Å². The maximum atomic E-state index is 13.2. The summed E-state index contributed by atoms with van der Waals surface area (Å²) in [5.74, 6) is -0.994. The molecular weight excluding hydrogens is 479 g/mol. The highest BCUT2D eigenvalue weighted by atomic mass is 35.5. The number of hydrogen-bond acceptors (Lipinski definition) is 5. The van der Waals surface area contributed by atoms with Gasteiger partial charge in [0.05, 0.1) is 41.8 Å². The summed E-state index contributed by atoms with van der Waals surface area (Å²) in [5, 5.41) is 9.52. The number of ether oxygens (including phenoxy) is 2. The van der Waals surface area contributed by atoms with Crippen molar-refractivity contribution in [3.8, 4) is 0 Å². The van der Waals surface area contributed by atoms with Gasteiger partial charge in [-0.05, 0) is 29.7 Å². The number of carboxylic acids is 1. The van der Waals surface area contributed by atoms with Gasteiger partial charge in [0.1, 0.15) is 6.61 Å². The Labute approximate surface area is 210 Å². The molecule has 3 rings (SSSR count). The van der Waals surface area contributed by atoms with Crippen LogP contribution in [-0.4, -0.2) is 79.4 Å². The quantitative estimate of drug-likeness (QED) is 0.437. The molecule has 2 atom stereocenters. The molecule has 1 aliphatic heterocycles. The van der Waals surface area contributed by atoms with E-state index in [9.17, 15) is 9.59 Å². The summed E-state index contributed by atoms with van der Waals surface area (Å²) in [7, 11) is 1.83. The standard InChI is InChI=1S/C25H30Cl2N2O5/c1-28(24(30)14-18-7-8-21(26)22(27)13-18)23(19-5-3-2-4-6-19)16-29-10-9-20(15-29)34-12-11-33-17-25(31)32/h2-8,13,20,23H,9-12,14-17H2,1H3,(H,31,32)/t20-,23?/m0/s1. The van der Waals surface area contributed by atoms with Crippen LogP contribution in [0, 0.1) is 0 Å². The highest BCUT2D eigenvalue weighted by molar-refractivity contribution is 6.42. The van der Waals surface area contributed by atoms with Crippen LogP contribution in [0.4, 0.5) is 0 Å². The van der Waals surface area contributed by atoms with Crippen molar-refractivity contribution in [2.75, 3.05) is 46.5 Å². The van der Waals surface area contributed by atoms with Gasteiger partial charge >= 0.3 is 5.97 Å². The Hall–Kier alpha value is -2.16. The fourth-order valence-corrected chi connectivity index (χ4v) is 4.35. The number of nitrogens with zero attached hydrogens (tertiary/aromatic N) is 2. The predicted molar refractivity (Wildman–Crippen MR) is 131 cm³/mol. The number of amides is 1. The fourth-order valence-electron chi connectivity index (χ4n) is 4.03. The molecule has 9 heteroatoms. The number of rotatable bonds is 12. The van der Waals surface area contributed by atoms with Crippen LogP contribution >= 0.6 is 23.2 Å². The number of aliphatic carboxylic acids is 1. The zero-order valence-corrected chi connectivity index (χ0v) is 20.7. The van der Waals surface area contributed by atoms with E-state index in [-0.39, 0.29) is 37.7 Å². The Morgan fingerprint density at radius 1 is 1.15 bits per heavy atom. The van der Waals surface area contributed by atoms with Gasteiger partial charge in [-0.25, -0.2) is 4.79 Å². The minimum Gasteiger partial charge on any atom is -0.480 e. The summed E-state index contributed by atoms with van der Waals surface area (Å²) in [6.07, 6.45) is 1.17. The average molecular weight is 509 g/mol. The minimum atomic E-state index is -0.989. The summed E-state index contributed by atoms with van der Waals surface area (Å²) in [6.45, 7) is 2.58. The van der Waals surface area contributed by atoms with E-state index in [0.717, 1.165) is 30.6 Å².